The minimum absolute atomic E-state index is 0.0646. The molecule has 1 aromatic carbocycles. The number of nitrogens with one attached hydrogen (secondary N) is 1. The number of ketones is 2. The molecule has 0 spiro atoms. The fourth-order valence-electron chi connectivity index (χ4n) is 3.69. The zero-order valence-electron chi connectivity index (χ0n) is 18.0. The van der Waals surface area contributed by atoms with Gasteiger partial charge < -0.3 is 4.98 Å². The molecule has 30 heavy (non-hydrogen) atoms. The van der Waals surface area contributed by atoms with Gasteiger partial charge in [-0.2, -0.15) is 0 Å². The Bertz CT molecular complexity index is 1180. The monoisotopic (exact) mass is 425 g/mol. The molecule has 158 valence electrons. The van der Waals surface area contributed by atoms with E-state index in [1.54, 1.807) is 24.5 Å². The number of aryl methyl sites for hydroxylation is 1. The van der Waals surface area contributed by atoms with Crippen LogP contribution in [0.4, 0.5) is 0 Å². The van der Waals surface area contributed by atoms with Crippen molar-refractivity contribution in [2.24, 2.45) is 0 Å². The standard InChI is InChI=1S/C23H27N3O3S/c1-6-7-12-26-22(29)17-10-8-9-11-18(17)25-23(26)30-16(5)21(28)20-13(2)19(15(4)27)14(3)24-20/h8-11,16,24H,6-7,12H2,1-5H3/t16-/m1/s1. The van der Waals surface area contributed by atoms with Crippen LogP contribution in [0.5, 0.6) is 0 Å². The van der Waals surface area contributed by atoms with Gasteiger partial charge in [-0.05, 0) is 51.8 Å². The Morgan fingerprint density at radius 3 is 2.57 bits per heavy atom. The van der Waals surface area contributed by atoms with Crippen LogP contribution in [0, 0.1) is 13.8 Å². The normalized spacial score (nSPS) is 12.3. The second-order valence-corrected chi connectivity index (χ2v) is 8.84. The maximum Gasteiger partial charge on any atom is 0.262 e. The number of H-pyrrole nitrogens is 1. The van der Waals surface area contributed by atoms with Crippen molar-refractivity contribution in [3.63, 3.8) is 0 Å². The first kappa shape index (κ1) is 22.0. The summed E-state index contributed by atoms with van der Waals surface area (Å²) < 4.78 is 1.67. The van der Waals surface area contributed by atoms with Crippen LogP contribution >= 0.6 is 11.8 Å². The number of thioether (sulfide) groups is 1. The van der Waals surface area contributed by atoms with Crippen molar-refractivity contribution < 1.29 is 9.59 Å². The number of benzene rings is 1. The number of hydrogen-bond acceptors (Lipinski definition) is 5. The Labute approximate surface area is 180 Å². The molecule has 0 aliphatic heterocycles. The Hall–Kier alpha value is -2.67. The minimum atomic E-state index is -0.470. The van der Waals surface area contributed by atoms with Crippen LogP contribution in [0.1, 0.15) is 65.7 Å². The molecule has 0 aliphatic carbocycles. The number of aromatic amines is 1. The lowest BCUT2D eigenvalue weighted by Crippen LogP contribution is -2.25. The molecule has 7 heteroatoms. The van der Waals surface area contributed by atoms with Gasteiger partial charge in [0.1, 0.15) is 0 Å². The molecule has 0 bridgehead atoms. The summed E-state index contributed by atoms with van der Waals surface area (Å²) in [6.07, 6.45) is 1.80. The highest BCUT2D eigenvalue weighted by molar-refractivity contribution is 8.00. The molecule has 0 aliphatic rings. The lowest BCUT2D eigenvalue weighted by Gasteiger charge is -2.15. The first-order valence-corrected chi connectivity index (χ1v) is 11.0. The number of nitrogens with zero attached hydrogens (tertiary/aromatic N) is 2. The van der Waals surface area contributed by atoms with Gasteiger partial charge in [0.25, 0.3) is 5.56 Å². The molecule has 2 heterocycles. The van der Waals surface area contributed by atoms with Crippen molar-refractivity contribution in [3.05, 3.63) is 57.1 Å². The van der Waals surface area contributed by atoms with Crippen molar-refractivity contribution in [2.75, 3.05) is 0 Å². The Kier molecular flexibility index (Phi) is 6.61. The second kappa shape index (κ2) is 9.00. The molecule has 0 unspecified atom stereocenters. The average molecular weight is 426 g/mol. The van der Waals surface area contributed by atoms with E-state index < -0.39 is 5.25 Å². The minimum Gasteiger partial charge on any atom is -0.355 e. The summed E-state index contributed by atoms with van der Waals surface area (Å²) >= 11 is 1.28. The fourth-order valence-corrected chi connectivity index (χ4v) is 4.68. The van der Waals surface area contributed by atoms with Gasteiger partial charge >= 0.3 is 0 Å². The van der Waals surface area contributed by atoms with E-state index >= 15 is 0 Å². The number of carbonyl (C=O) groups is 2. The van der Waals surface area contributed by atoms with Gasteiger partial charge in [-0.3, -0.25) is 19.0 Å². The first-order valence-electron chi connectivity index (χ1n) is 10.2. The molecule has 2 aromatic heterocycles. The van der Waals surface area contributed by atoms with Crippen molar-refractivity contribution >= 4 is 34.2 Å². The van der Waals surface area contributed by atoms with Gasteiger partial charge in [-0.25, -0.2) is 4.98 Å². The molecule has 6 nitrogen and oxygen atoms in total. The van der Waals surface area contributed by atoms with Crippen LogP contribution in [0.15, 0.2) is 34.2 Å². The Balaban J connectivity index is 1.99. The average Bonchev–Trinajstić information content (AvgIpc) is 3.01. The van der Waals surface area contributed by atoms with Crippen LogP contribution in [0.25, 0.3) is 10.9 Å². The number of para-hydroxylation sites is 1. The third-order valence-corrected chi connectivity index (χ3v) is 6.34. The van der Waals surface area contributed by atoms with Gasteiger partial charge in [-0.1, -0.05) is 37.2 Å². The molecular formula is C23H27N3O3S. The van der Waals surface area contributed by atoms with Crippen molar-refractivity contribution in [3.8, 4) is 0 Å². The maximum absolute atomic E-state index is 13.2. The number of hydrogen-bond donors (Lipinski definition) is 1. The highest BCUT2D eigenvalue weighted by atomic mass is 32.2. The zero-order valence-corrected chi connectivity index (χ0v) is 18.9. The van der Waals surface area contributed by atoms with E-state index in [9.17, 15) is 14.4 Å². The molecule has 1 N–H and O–H groups in total. The van der Waals surface area contributed by atoms with Crippen molar-refractivity contribution in [1.29, 1.82) is 0 Å². The molecule has 1 atom stereocenters. The number of Topliss-reactive ketones (excluding diaryl/α,β-unsaturated/α-hetero) is 2. The lowest BCUT2D eigenvalue weighted by atomic mass is 10.0. The summed E-state index contributed by atoms with van der Waals surface area (Å²) in [6, 6.07) is 7.28. The summed E-state index contributed by atoms with van der Waals surface area (Å²) in [6.45, 7) is 9.53. The summed E-state index contributed by atoms with van der Waals surface area (Å²) in [5.74, 6) is -0.178. The van der Waals surface area contributed by atoms with E-state index in [1.165, 1.54) is 18.7 Å². The molecule has 3 aromatic rings. The van der Waals surface area contributed by atoms with Crippen LogP contribution in [-0.4, -0.2) is 31.4 Å². The molecule has 0 saturated heterocycles. The Morgan fingerprint density at radius 1 is 1.23 bits per heavy atom. The van der Waals surface area contributed by atoms with Gasteiger partial charge in [0, 0.05) is 17.8 Å². The number of unbranched alkanes of at least 4 members (excludes halogenated alkanes) is 1. The van der Waals surface area contributed by atoms with E-state index in [1.807, 2.05) is 25.1 Å². The molecule has 0 fully saturated rings. The third-order valence-electron chi connectivity index (χ3n) is 5.25. The van der Waals surface area contributed by atoms with Crippen molar-refractivity contribution in [1.82, 2.24) is 14.5 Å². The quantitative estimate of drug-likeness (QED) is 0.321. The molecule has 3 rings (SSSR count). The van der Waals surface area contributed by atoms with Crippen LogP contribution in [-0.2, 0) is 6.54 Å². The molecule has 0 radical (unpaired) electrons. The highest BCUT2D eigenvalue weighted by Crippen LogP contribution is 2.27. The third kappa shape index (κ3) is 4.12. The van der Waals surface area contributed by atoms with E-state index in [0.717, 1.165) is 12.8 Å². The maximum atomic E-state index is 13.2. The van der Waals surface area contributed by atoms with E-state index in [2.05, 4.69) is 16.9 Å². The van der Waals surface area contributed by atoms with E-state index in [-0.39, 0.29) is 17.1 Å². The van der Waals surface area contributed by atoms with E-state index in [0.29, 0.717) is 45.1 Å². The first-order chi connectivity index (χ1) is 14.3. The largest absolute Gasteiger partial charge is 0.355 e. The van der Waals surface area contributed by atoms with Gasteiger partial charge in [0.15, 0.2) is 16.7 Å². The molecular weight excluding hydrogens is 398 g/mol. The van der Waals surface area contributed by atoms with Crippen LogP contribution in [0.2, 0.25) is 0 Å². The number of rotatable bonds is 8. The summed E-state index contributed by atoms with van der Waals surface area (Å²) in [4.78, 5) is 45.9. The highest BCUT2D eigenvalue weighted by Gasteiger charge is 2.26. The van der Waals surface area contributed by atoms with Gasteiger partial charge in [0.05, 0.1) is 21.8 Å². The predicted octanol–water partition coefficient (Wildman–Crippen LogP) is 4.71. The van der Waals surface area contributed by atoms with Crippen LogP contribution < -0.4 is 5.56 Å². The van der Waals surface area contributed by atoms with Gasteiger partial charge in [0.2, 0.25) is 0 Å². The molecule has 0 amide bonds. The van der Waals surface area contributed by atoms with E-state index in [4.69, 9.17) is 0 Å². The fraction of sp³-hybridized carbons (Fsp3) is 0.391. The smallest absolute Gasteiger partial charge is 0.262 e. The summed E-state index contributed by atoms with van der Waals surface area (Å²) in [5.41, 5.74) is 2.93. The number of fused-ring (bicyclic) bond motifs is 1. The van der Waals surface area contributed by atoms with Crippen molar-refractivity contribution in [2.45, 2.75) is 64.4 Å². The van der Waals surface area contributed by atoms with Gasteiger partial charge in [-0.15, -0.1) is 0 Å². The van der Waals surface area contributed by atoms with Crippen LogP contribution in [0.3, 0.4) is 0 Å². The number of carbonyl (C=O) groups excluding carboxylic acids is 2. The second-order valence-electron chi connectivity index (χ2n) is 7.53. The summed E-state index contributed by atoms with van der Waals surface area (Å²) in [7, 11) is 0. The lowest BCUT2D eigenvalue weighted by molar-refractivity contribution is 0.0988. The Morgan fingerprint density at radius 2 is 1.93 bits per heavy atom. The predicted molar refractivity (Wildman–Crippen MR) is 121 cm³/mol. The SMILES string of the molecule is CCCCn1c(S[C@H](C)C(=O)c2[nH]c(C)c(C(C)=O)c2C)nc2ccccc2c1=O. The number of aromatic nitrogens is 3. The topological polar surface area (TPSA) is 84.8 Å². The zero-order chi connectivity index (χ0) is 22.0. The summed E-state index contributed by atoms with van der Waals surface area (Å²) in [5, 5.41) is 0.655. The molecule has 0 saturated carbocycles.